The van der Waals surface area contributed by atoms with Crippen molar-refractivity contribution in [3.05, 3.63) is 0 Å². The van der Waals surface area contributed by atoms with Gasteiger partial charge in [0.15, 0.2) is 0 Å². The van der Waals surface area contributed by atoms with Crippen LogP contribution in [0.25, 0.3) is 0 Å². The number of likely N-dealkylation sites (N-methyl/N-ethyl adjacent to an activating group) is 1. The summed E-state index contributed by atoms with van der Waals surface area (Å²) in [6.07, 6.45) is 0. The van der Waals surface area contributed by atoms with Crippen molar-refractivity contribution in [1.82, 2.24) is 10.2 Å². The second-order valence-electron chi connectivity index (χ2n) is 5.41. The van der Waals surface area contributed by atoms with Crippen LogP contribution in [-0.4, -0.2) is 60.7 Å². The predicted octanol–water partition coefficient (Wildman–Crippen LogP) is 0.575. The van der Waals surface area contributed by atoms with Gasteiger partial charge in [-0.1, -0.05) is 0 Å². The molecule has 2 fully saturated rings. The molecule has 0 aromatic heterocycles. The normalized spacial score (nSPS) is 32.8. The first-order valence-electron chi connectivity index (χ1n) is 6.21. The molecule has 2 atom stereocenters. The lowest BCUT2D eigenvalue weighted by Gasteiger charge is -2.39. The Morgan fingerprint density at radius 2 is 2.24 bits per heavy atom. The molecule has 0 saturated carbocycles. The van der Waals surface area contributed by atoms with E-state index in [1.54, 1.807) is 0 Å². The van der Waals surface area contributed by atoms with E-state index in [9.17, 15) is 4.79 Å². The second-order valence-corrected chi connectivity index (χ2v) is 7.21. The van der Waals surface area contributed by atoms with Crippen LogP contribution in [0.4, 0.5) is 0 Å². The van der Waals surface area contributed by atoms with Gasteiger partial charge in [0.05, 0.1) is 19.1 Å². The molecule has 0 aliphatic carbocycles. The van der Waals surface area contributed by atoms with Crippen molar-refractivity contribution < 1.29 is 9.53 Å². The van der Waals surface area contributed by atoms with Gasteiger partial charge in [0.1, 0.15) is 0 Å². The molecule has 17 heavy (non-hydrogen) atoms. The van der Waals surface area contributed by atoms with E-state index in [1.807, 2.05) is 23.7 Å². The standard InChI is InChI=1S/C12H22N2O2S/c1-12(2)8-14(4-5-17-12)11(15)9-6-16-7-10(9)13-3/h9-10,13H,4-8H2,1-3H3. The summed E-state index contributed by atoms with van der Waals surface area (Å²) in [6.45, 7) is 7.35. The second kappa shape index (κ2) is 5.16. The summed E-state index contributed by atoms with van der Waals surface area (Å²) in [5, 5.41) is 3.18. The molecular formula is C12H22N2O2S. The molecule has 2 aliphatic heterocycles. The zero-order valence-electron chi connectivity index (χ0n) is 10.9. The molecule has 0 radical (unpaired) electrons. The van der Waals surface area contributed by atoms with E-state index < -0.39 is 0 Å². The van der Waals surface area contributed by atoms with Gasteiger partial charge < -0.3 is 15.0 Å². The van der Waals surface area contributed by atoms with Crippen molar-refractivity contribution >= 4 is 17.7 Å². The Morgan fingerprint density at radius 1 is 1.47 bits per heavy atom. The predicted molar refractivity (Wildman–Crippen MR) is 70.3 cm³/mol. The van der Waals surface area contributed by atoms with Gasteiger partial charge in [-0.15, -0.1) is 0 Å². The van der Waals surface area contributed by atoms with Crippen LogP contribution in [0.3, 0.4) is 0 Å². The highest BCUT2D eigenvalue weighted by atomic mass is 32.2. The summed E-state index contributed by atoms with van der Waals surface area (Å²) in [7, 11) is 1.90. The monoisotopic (exact) mass is 258 g/mol. The summed E-state index contributed by atoms with van der Waals surface area (Å²) >= 11 is 1.95. The van der Waals surface area contributed by atoms with Crippen molar-refractivity contribution in [3.63, 3.8) is 0 Å². The number of amides is 1. The summed E-state index contributed by atoms with van der Waals surface area (Å²) in [5.41, 5.74) is 0. The van der Waals surface area contributed by atoms with Crippen LogP contribution in [0.15, 0.2) is 0 Å². The highest BCUT2D eigenvalue weighted by molar-refractivity contribution is 8.00. The van der Waals surface area contributed by atoms with Gasteiger partial charge in [-0.2, -0.15) is 11.8 Å². The fraction of sp³-hybridized carbons (Fsp3) is 0.917. The van der Waals surface area contributed by atoms with Gasteiger partial charge in [-0.25, -0.2) is 0 Å². The third-order valence-corrected chi connectivity index (χ3v) is 4.80. The van der Waals surface area contributed by atoms with Gasteiger partial charge in [0, 0.05) is 29.6 Å². The van der Waals surface area contributed by atoms with Crippen molar-refractivity contribution in [2.24, 2.45) is 5.92 Å². The lowest BCUT2D eigenvalue weighted by atomic mass is 10.0. The van der Waals surface area contributed by atoms with E-state index >= 15 is 0 Å². The van der Waals surface area contributed by atoms with Crippen molar-refractivity contribution in [3.8, 4) is 0 Å². The number of carbonyl (C=O) groups excluding carboxylic acids is 1. The number of hydrogen-bond acceptors (Lipinski definition) is 4. The molecule has 0 spiro atoms. The molecule has 2 unspecified atom stereocenters. The Morgan fingerprint density at radius 3 is 2.88 bits per heavy atom. The van der Waals surface area contributed by atoms with Crippen LogP contribution in [0.5, 0.6) is 0 Å². The van der Waals surface area contributed by atoms with Crippen LogP contribution in [0.1, 0.15) is 13.8 Å². The maximum atomic E-state index is 12.5. The molecule has 2 saturated heterocycles. The molecule has 2 rings (SSSR count). The lowest BCUT2D eigenvalue weighted by molar-refractivity contribution is -0.136. The van der Waals surface area contributed by atoms with E-state index in [0.717, 1.165) is 18.8 Å². The number of thioether (sulfide) groups is 1. The highest BCUT2D eigenvalue weighted by Crippen LogP contribution is 2.30. The van der Waals surface area contributed by atoms with Crippen molar-refractivity contribution in [1.29, 1.82) is 0 Å². The van der Waals surface area contributed by atoms with E-state index in [2.05, 4.69) is 19.2 Å². The first-order chi connectivity index (χ1) is 8.03. The molecule has 0 bridgehead atoms. The molecule has 2 heterocycles. The molecule has 0 aromatic carbocycles. The van der Waals surface area contributed by atoms with Crippen molar-refractivity contribution in [2.45, 2.75) is 24.6 Å². The first-order valence-corrected chi connectivity index (χ1v) is 7.20. The molecule has 4 nitrogen and oxygen atoms in total. The molecule has 1 N–H and O–H groups in total. The van der Waals surface area contributed by atoms with Gasteiger partial charge in [-0.3, -0.25) is 4.79 Å². The number of hydrogen-bond donors (Lipinski definition) is 1. The van der Waals surface area contributed by atoms with Crippen LogP contribution >= 0.6 is 11.8 Å². The zero-order chi connectivity index (χ0) is 12.5. The number of nitrogens with zero attached hydrogens (tertiary/aromatic N) is 1. The number of carbonyl (C=O) groups is 1. The van der Waals surface area contributed by atoms with E-state index in [0.29, 0.717) is 13.2 Å². The van der Waals surface area contributed by atoms with Gasteiger partial charge in [-0.05, 0) is 20.9 Å². The van der Waals surface area contributed by atoms with E-state index in [-0.39, 0.29) is 22.6 Å². The summed E-state index contributed by atoms with van der Waals surface area (Å²) in [6, 6.07) is 0.181. The topological polar surface area (TPSA) is 41.6 Å². The van der Waals surface area contributed by atoms with Gasteiger partial charge >= 0.3 is 0 Å². The summed E-state index contributed by atoms with van der Waals surface area (Å²) in [4.78, 5) is 14.5. The summed E-state index contributed by atoms with van der Waals surface area (Å²) in [5.74, 6) is 1.30. The fourth-order valence-corrected chi connectivity index (χ4v) is 3.63. The molecule has 0 aromatic rings. The smallest absolute Gasteiger partial charge is 0.229 e. The summed E-state index contributed by atoms with van der Waals surface area (Å²) < 4.78 is 5.59. The average molecular weight is 258 g/mol. The molecule has 2 aliphatic rings. The Kier molecular flexibility index (Phi) is 4.00. The van der Waals surface area contributed by atoms with E-state index in [4.69, 9.17) is 4.74 Å². The SMILES string of the molecule is CNC1COCC1C(=O)N1CCSC(C)(C)C1. The Hall–Kier alpha value is -0.260. The lowest BCUT2D eigenvalue weighted by Crippen LogP contribution is -2.51. The van der Waals surface area contributed by atoms with Crippen LogP contribution in [0, 0.1) is 5.92 Å². The van der Waals surface area contributed by atoms with Crippen LogP contribution in [0.2, 0.25) is 0 Å². The maximum Gasteiger partial charge on any atom is 0.229 e. The average Bonchev–Trinajstić information content (AvgIpc) is 2.74. The molecule has 5 heteroatoms. The molecule has 1 amide bonds. The number of nitrogens with one attached hydrogen (secondary N) is 1. The molecule has 98 valence electrons. The highest BCUT2D eigenvalue weighted by Gasteiger charge is 2.38. The third-order valence-electron chi connectivity index (χ3n) is 3.51. The largest absolute Gasteiger partial charge is 0.379 e. The van der Waals surface area contributed by atoms with Gasteiger partial charge in [0.25, 0.3) is 0 Å². The van der Waals surface area contributed by atoms with Gasteiger partial charge in [0.2, 0.25) is 5.91 Å². The Bertz CT molecular complexity index is 296. The quantitative estimate of drug-likeness (QED) is 0.786. The van der Waals surface area contributed by atoms with Crippen LogP contribution < -0.4 is 5.32 Å². The van der Waals surface area contributed by atoms with E-state index in [1.165, 1.54) is 0 Å². The number of rotatable bonds is 2. The van der Waals surface area contributed by atoms with Crippen LogP contribution in [-0.2, 0) is 9.53 Å². The third kappa shape index (κ3) is 2.95. The Balaban J connectivity index is 1.99. The minimum Gasteiger partial charge on any atom is -0.379 e. The minimum absolute atomic E-state index is 0.00102. The minimum atomic E-state index is -0.00102. The zero-order valence-corrected chi connectivity index (χ0v) is 11.7. The first kappa shape index (κ1) is 13.2. The van der Waals surface area contributed by atoms with Crippen molar-refractivity contribution in [2.75, 3.05) is 39.1 Å². The number of ether oxygens (including phenoxy) is 1. The fourth-order valence-electron chi connectivity index (χ4n) is 2.52. The molecular weight excluding hydrogens is 236 g/mol. The Labute approximate surface area is 107 Å². The maximum absolute atomic E-state index is 12.5.